The fourth-order valence-corrected chi connectivity index (χ4v) is 1.73. The Bertz CT molecular complexity index is 683. The molecular formula is C15H14N2O4. The number of carbonyl (C=O) groups is 1. The normalized spacial score (nSPS) is 10.5. The van der Waals surface area contributed by atoms with Crippen molar-refractivity contribution in [1.82, 2.24) is 0 Å². The third kappa shape index (κ3) is 3.50. The van der Waals surface area contributed by atoms with E-state index in [0.717, 1.165) is 0 Å². The first-order valence-electron chi connectivity index (χ1n) is 6.10. The number of hydrogen-bond acceptors (Lipinski definition) is 5. The number of aromatic carboxylic acids is 1. The summed E-state index contributed by atoms with van der Waals surface area (Å²) in [5, 5.41) is 22.6. The zero-order chi connectivity index (χ0) is 15.2. The van der Waals surface area contributed by atoms with Crippen LogP contribution >= 0.6 is 0 Å². The van der Waals surface area contributed by atoms with Crippen molar-refractivity contribution in [1.29, 1.82) is 0 Å². The van der Waals surface area contributed by atoms with Crippen LogP contribution in [0.4, 0.5) is 5.69 Å². The number of phenols is 1. The summed E-state index contributed by atoms with van der Waals surface area (Å²) in [7, 11) is 1.47. The molecule has 2 aromatic carbocycles. The van der Waals surface area contributed by atoms with Gasteiger partial charge in [-0.2, -0.15) is 5.10 Å². The fourth-order valence-electron chi connectivity index (χ4n) is 1.73. The van der Waals surface area contributed by atoms with Crippen LogP contribution < -0.4 is 10.2 Å². The highest BCUT2D eigenvalue weighted by molar-refractivity contribution is 5.94. The Morgan fingerprint density at radius 3 is 2.71 bits per heavy atom. The van der Waals surface area contributed by atoms with Gasteiger partial charge in [0.05, 0.1) is 24.6 Å². The van der Waals surface area contributed by atoms with E-state index < -0.39 is 5.97 Å². The highest BCUT2D eigenvalue weighted by Gasteiger charge is 2.07. The number of anilines is 1. The van der Waals surface area contributed by atoms with E-state index in [1.165, 1.54) is 25.5 Å². The van der Waals surface area contributed by atoms with Gasteiger partial charge >= 0.3 is 5.97 Å². The Morgan fingerprint density at radius 1 is 1.29 bits per heavy atom. The zero-order valence-corrected chi connectivity index (χ0v) is 11.3. The lowest BCUT2D eigenvalue weighted by molar-refractivity contribution is 0.0698. The molecule has 2 rings (SSSR count). The first-order valence-corrected chi connectivity index (χ1v) is 6.10. The standard InChI is InChI=1S/C15H14N2O4/c1-21-14-7-6-10(8-13(14)18)9-16-17-12-5-3-2-4-11(12)15(19)20/h2-9,17-18H,1H3,(H,19,20)/b16-9-. The number of phenolic OH excluding ortho intramolecular Hbond substituents is 1. The van der Waals surface area contributed by atoms with Gasteiger partial charge in [0, 0.05) is 0 Å². The Balaban J connectivity index is 2.13. The maximum atomic E-state index is 11.0. The Kier molecular flexibility index (Phi) is 4.40. The number of nitrogens with one attached hydrogen (secondary N) is 1. The summed E-state index contributed by atoms with van der Waals surface area (Å²) in [6.45, 7) is 0. The van der Waals surface area contributed by atoms with Crippen LogP contribution in [-0.2, 0) is 0 Å². The van der Waals surface area contributed by atoms with Crippen molar-refractivity contribution in [2.24, 2.45) is 5.10 Å². The first kappa shape index (κ1) is 14.4. The topological polar surface area (TPSA) is 91.2 Å². The number of ether oxygens (including phenoxy) is 1. The van der Waals surface area contributed by atoms with E-state index in [9.17, 15) is 9.90 Å². The summed E-state index contributed by atoms with van der Waals surface area (Å²) < 4.78 is 4.94. The molecule has 0 aliphatic heterocycles. The Labute approximate surface area is 121 Å². The molecule has 6 heteroatoms. The van der Waals surface area contributed by atoms with Gasteiger partial charge in [-0.1, -0.05) is 12.1 Å². The number of carboxylic acid groups (broad SMARTS) is 1. The van der Waals surface area contributed by atoms with Crippen molar-refractivity contribution < 1.29 is 19.7 Å². The molecule has 0 aromatic heterocycles. The van der Waals surface area contributed by atoms with Crippen molar-refractivity contribution in [3.05, 3.63) is 53.6 Å². The minimum absolute atomic E-state index is 0.00684. The molecule has 0 amide bonds. The van der Waals surface area contributed by atoms with E-state index in [2.05, 4.69) is 10.5 Å². The summed E-state index contributed by atoms with van der Waals surface area (Å²) in [5.74, 6) is -0.654. The molecule has 108 valence electrons. The minimum Gasteiger partial charge on any atom is -0.504 e. The van der Waals surface area contributed by atoms with Gasteiger partial charge in [0.1, 0.15) is 0 Å². The van der Waals surface area contributed by atoms with Crippen LogP contribution in [0.3, 0.4) is 0 Å². The summed E-state index contributed by atoms with van der Waals surface area (Å²) >= 11 is 0. The molecule has 0 heterocycles. The molecule has 2 aromatic rings. The molecule has 0 saturated heterocycles. The van der Waals surface area contributed by atoms with Crippen molar-refractivity contribution in [3.8, 4) is 11.5 Å². The highest BCUT2D eigenvalue weighted by Crippen LogP contribution is 2.25. The van der Waals surface area contributed by atoms with Gasteiger partial charge in [0.2, 0.25) is 0 Å². The van der Waals surface area contributed by atoms with Crippen LogP contribution in [0.2, 0.25) is 0 Å². The van der Waals surface area contributed by atoms with Crippen LogP contribution in [0, 0.1) is 0 Å². The predicted molar refractivity (Wildman–Crippen MR) is 79.3 cm³/mol. The molecule has 0 fully saturated rings. The van der Waals surface area contributed by atoms with Gasteiger partial charge in [0.15, 0.2) is 11.5 Å². The summed E-state index contributed by atoms with van der Waals surface area (Å²) in [4.78, 5) is 11.0. The molecule has 0 unspecified atom stereocenters. The predicted octanol–water partition coefficient (Wildman–Crippen LogP) is 2.55. The van der Waals surface area contributed by atoms with E-state index >= 15 is 0 Å². The van der Waals surface area contributed by atoms with E-state index in [4.69, 9.17) is 9.84 Å². The average Bonchev–Trinajstić information content (AvgIpc) is 2.48. The monoisotopic (exact) mass is 286 g/mol. The molecule has 0 saturated carbocycles. The molecule has 0 aliphatic carbocycles. The van der Waals surface area contributed by atoms with Gasteiger partial charge in [-0.15, -0.1) is 0 Å². The van der Waals surface area contributed by atoms with E-state index in [0.29, 0.717) is 17.0 Å². The number of methoxy groups -OCH3 is 1. The van der Waals surface area contributed by atoms with Crippen LogP contribution in [0.5, 0.6) is 11.5 Å². The second kappa shape index (κ2) is 6.42. The van der Waals surface area contributed by atoms with Gasteiger partial charge in [-0.05, 0) is 35.9 Å². The minimum atomic E-state index is -1.03. The lowest BCUT2D eigenvalue weighted by Gasteiger charge is -2.05. The number of para-hydroxylation sites is 1. The molecule has 21 heavy (non-hydrogen) atoms. The summed E-state index contributed by atoms with van der Waals surface area (Å²) in [5.41, 5.74) is 3.83. The number of benzene rings is 2. The van der Waals surface area contributed by atoms with Crippen LogP contribution in [-0.4, -0.2) is 29.5 Å². The Hall–Kier alpha value is -3.02. The van der Waals surface area contributed by atoms with Crippen LogP contribution in [0.1, 0.15) is 15.9 Å². The molecule has 0 aliphatic rings. The molecular weight excluding hydrogens is 272 g/mol. The fraction of sp³-hybridized carbons (Fsp3) is 0.0667. The molecule has 0 atom stereocenters. The van der Waals surface area contributed by atoms with E-state index in [-0.39, 0.29) is 11.3 Å². The number of aromatic hydroxyl groups is 1. The van der Waals surface area contributed by atoms with E-state index in [1.54, 1.807) is 30.3 Å². The quantitative estimate of drug-likeness (QED) is 0.580. The number of carboxylic acids is 1. The zero-order valence-electron chi connectivity index (χ0n) is 11.3. The SMILES string of the molecule is COc1ccc(/C=N\Nc2ccccc2C(=O)O)cc1O. The second-order valence-corrected chi connectivity index (χ2v) is 4.15. The first-order chi connectivity index (χ1) is 10.1. The van der Waals surface area contributed by atoms with Gasteiger partial charge < -0.3 is 14.9 Å². The van der Waals surface area contributed by atoms with Gasteiger partial charge in [-0.25, -0.2) is 4.79 Å². The molecule has 0 radical (unpaired) electrons. The third-order valence-electron chi connectivity index (χ3n) is 2.76. The van der Waals surface area contributed by atoms with Gasteiger partial charge in [0.25, 0.3) is 0 Å². The van der Waals surface area contributed by atoms with Crippen molar-refractivity contribution >= 4 is 17.9 Å². The number of rotatable bonds is 5. The molecule has 6 nitrogen and oxygen atoms in total. The van der Waals surface area contributed by atoms with Crippen molar-refractivity contribution in [2.45, 2.75) is 0 Å². The largest absolute Gasteiger partial charge is 0.504 e. The van der Waals surface area contributed by atoms with Crippen molar-refractivity contribution in [2.75, 3.05) is 12.5 Å². The maximum Gasteiger partial charge on any atom is 0.337 e. The third-order valence-corrected chi connectivity index (χ3v) is 2.76. The number of hydrazone groups is 1. The maximum absolute atomic E-state index is 11.0. The van der Waals surface area contributed by atoms with E-state index in [1.807, 2.05) is 0 Å². The lowest BCUT2D eigenvalue weighted by atomic mass is 10.2. The van der Waals surface area contributed by atoms with Gasteiger partial charge in [-0.3, -0.25) is 5.43 Å². The molecule has 0 spiro atoms. The summed E-state index contributed by atoms with van der Waals surface area (Å²) in [6.07, 6.45) is 1.47. The van der Waals surface area contributed by atoms with Crippen LogP contribution in [0.15, 0.2) is 47.6 Å². The van der Waals surface area contributed by atoms with Crippen molar-refractivity contribution in [3.63, 3.8) is 0 Å². The average molecular weight is 286 g/mol. The molecule has 3 N–H and O–H groups in total. The molecule has 0 bridgehead atoms. The number of nitrogens with zero attached hydrogens (tertiary/aromatic N) is 1. The lowest BCUT2D eigenvalue weighted by Crippen LogP contribution is -2.02. The number of hydrogen-bond donors (Lipinski definition) is 3. The Morgan fingerprint density at radius 2 is 2.05 bits per heavy atom. The van der Waals surface area contributed by atoms with Crippen LogP contribution in [0.25, 0.3) is 0 Å². The summed E-state index contributed by atoms with van der Waals surface area (Å²) in [6, 6.07) is 11.3. The highest BCUT2D eigenvalue weighted by atomic mass is 16.5. The second-order valence-electron chi connectivity index (χ2n) is 4.15. The smallest absolute Gasteiger partial charge is 0.337 e.